The van der Waals surface area contributed by atoms with E-state index in [1.54, 1.807) is 6.07 Å². The predicted molar refractivity (Wildman–Crippen MR) is 81.1 cm³/mol. The fourth-order valence-electron chi connectivity index (χ4n) is 2.16. The van der Waals surface area contributed by atoms with Gasteiger partial charge in [-0.1, -0.05) is 35.9 Å². The first kappa shape index (κ1) is 15.0. The number of hydrogen-bond acceptors (Lipinski definition) is 2. The average molecular weight is 293 g/mol. The smallest absolute Gasteiger partial charge is 0.142 e. The van der Waals surface area contributed by atoms with Gasteiger partial charge in [0, 0.05) is 6.04 Å². The molecule has 106 valence electrons. The summed E-state index contributed by atoms with van der Waals surface area (Å²) in [4.78, 5) is 0. The van der Waals surface area contributed by atoms with Crippen LogP contribution >= 0.6 is 11.6 Å². The molecule has 0 aliphatic rings. The highest BCUT2D eigenvalue weighted by atomic mass is 35.5. The second kappa shape index (κ2) is 6.35. The van der Waals surface area contributed by atoms with Crippen LogP contribution in [-0.4, -0.2) is 0 Å². The number of rotatable bonds is 4. The van der Waals surface area contributed by atoms with Gasteiger partial charge in [0.1, 0.15) is 5.82 Å². The zero-order valence-corrected chi connectivity index (χ0v) is 12.3. The lowest BCUT2D eigenvalue weighted by Crippen LogP contribution is -2.29. The monoisotopic (exact) mass is 292 g/mol. The fourth-order valence-corrected chi connectivity index (χ4v) is 2.27. The maximum Gasteiger partial charge on any atom is 0.142 e. The Morgan fingerprint density at radius 2 is 1.90 bits per heavy atom. The molecule has 1 atom stereocenters. The lowest BCUT2D eigenvalue weighted by molar-refractivity contribution is 0.548. The van der Waals surface area contributed by atoms with Gasteiger partial charge in [-0.2, -0.15) is 0 Å². The molecule has 0 saturated carbocycles. The Morgan fingerprint density at radius 1 is 1.15 bits per heavy atom. The van der Waals surface area contributed by atoms with Crippen molar-refractivity contribution in [2.24, 2.45) is 5.84 Å². The van der Waals surface area contributed by atoms with Gasteiger partial charge in [-0.3, -0.25) is 11.3 Å². The maximum absolute atomic E-state index is 13.5. The van der Waals surface area contributed by atoms with Gasteiger partial charge in [-0.25, -0.2) is 4.39 Å². The molecule has 2 aromatic carbocycles. The molecule has 0 amide bonds. The molecule has 4 heteroatoms. The SMILES string of the molecule is Cc1ccc(C(Cc2ccc(Cl)c(F)c2)NN)cc1C. The molecule has 0 aliphatic heterocycles. The summed E-state index contributed by atoms with van der Waals surface area (Å²) >= 11 is 5.69. The topological polar surface area (TPSA) is 38.0 Å². The highest BCUT2D eigenvalue weighted by Gasteiger charge is 2.12. The number of halogens is 2. The van der Waals surface area contributed by atoms with E-state index in [1.807, 2.05) is 12.1 Å². The molecule has 1 unspecified atom stereocenters. The highest BCUT2D eigenvalue weighted by molar-refractivity contribution is 6.30. The quantitative estimate of drug-likeness (QED) is 0.664. The molecular weight excluding hydrogens is 275 g/mol. The van der Waals surface area contributed by atoms with Gasteiger partial charge in [0.25, 0.3) is 0 Å². The third-order valence-corrected chi connectivity index (χ3v) is 3.86. The number of nitrogens with one attached hydrogen (secondary N) is 1. The zero-order chi connectivity index (χ0) is 14.7. The number of aryl methyl sites for hydroxylation is 2. The van der Waals surface area contributed by atoms with E-state index in [0.29, 0.717) is 6.42 Å². The summed E-state index contributed by atoms with van der Waals surface area (Å²) in [5.74, 6) is 5.24. The highest BCUT2D eigenvalue weighted by Crippen LogP contribution is 2.23. The van der Waals surface area contributed by atoms with Crippen molar-refractivity contribution in [1.82, 2.24) is 5.43 Å². The van der Waals surface area contributed by atoms with Crippen molar-refractivity contribution < 1.29 is 4.39 Å². The fraction of sp³-hybridized carbons (Fsp3) is 0.250. The molecule has 0 radical (unpaired) electrons. The minimum Gasteiger partial charge on any atom is -0.271 e. The normalized spacial score (nSPS) is 12.4. The van der Waals surface area contributed by atoms with Crippen LogP contribution in [-0.2, 0) is 6.42 Å². The van der Waals surface area contributed by atoms with E-state index in [1.165, 1.54) is 17.2 Å². The molecular formula is C16H18ClFN2. The summed E-state index contributed by atoms with van der Waals surface area (Å²) in [6.45, 7) is 4.13. The van der Waals surface area contributed by atoms with E-state index >= 15 is 0 Å². The Kier molecular flexibility index (Phi) is 4.76. The van der Waals surface area contributed by atoms with Crippen LogP contribution in [0, 0.1) is 19.7 Å². The first-order valence-electron chi connectivity index (χ1n) is 6.48. The molecule has 3 N–H and O–H groups in total. The van der Waals surface area contributed by atoms with E-state index in [0.717, 1.165) is 11.1 Å². The molecule has 0 bridgehead atoms. The van der Waals surface area contributed by atoms with Crippen LogP contribution in [0.25, 0.3) is 0 Å². The molecule has 0 heterocycles. The van der Waals surface area contributed by atoms with Crippen LogP contribution in [0.5, 0.6) is 0 Å². The van der Waals surface area contributed by atoms with Gasteiger partial charge in [0.15, 0.2) is 0 Å². The number of hydrazine groups is 1. The Balaban J connectivity index is 2.23. The van der Waals surface area contributed by atoms with E-state index < -0.39 is 5.82 Å². The summed E-state index contributed by atoms with van der Waals surface area (Å²) in [5, 5.41) is 0.136. The summed E-state index contributed by atoms with van der Waals surface area (Å²) < 4.78 is 13.5. The van der Waals surface area contributed by atoms with Gasteiger partial charge in [-0.05, 0) is 54.7 Å². The van der Waals surface area contributed by atoms with E-state index in [4.69, 9.17) is 17.4 Å². The Morgan fingerprint density at radius 3 is 2.50 bits per heavy atom. The number of benzene rings is 2. The van der Waals surface area contributed by atoms with E-state index in [9.17, 15) is 4.39 Å². The first-order valence-corrected chi connectivity index (χ1v) is 6.86. The third kappa shape index (κ3) is 3.37. The van der Waals surface area contributed by atoms with Crippen molar-refractivity contribution in [3.63, 3.8) is 0 Å². The zero-order valence-electron chi connectivity index (χ0n) is 11.6. The van der Waals surface area contributed by atoms with Crippen LogP contribution in [0.3, 0.4) is 0 Å². The third-order valence-electron chi connectivity index (χ3n) is 3.56. The van der Waals surface area contributed by atoms with Crippen molar-refractivity contribution in [1.29, 1.82) is 0 Å². The Labute approximate surface area is 123 Å². The molecule has 2 rings (SSSR count). The molecule has 0 aromatic heterocycles. The average Bonchev–Trinajstić information content (AvgIpc) is 2.43. The summed E-state index contributed by atoms with van der Waals surface area (Å²) in [7, 11) is 0. The van der Waals surface area contributed by atoms with Crippen molar-refractivity contribution >= 4 is 11.6 Å². The molecule has 20 heavy (non-hydrogen) atoms. The number of hydrogen-bond donors (Lipinski definition) is 2. The van der Waals surface area contributed by atoms with Crippen LogP contribution in [0.2, 0.25) is 5.02 Å². The summed E-state index contributed by atoms with van der Waals surface area (Å²) in [5.41, 5.74) is 7.19. The second-order valence-electron chi connectivity index (χ2n) is 5.02. The van der Waals surface area contributed by atoms with Crippen LogP contribution in [0.15, 0.2) is 36.4 Å². The van der Waals surface area contributed by atoms with E-state index in [2.05, 4.69) is 31.4 Å². The largest absolute Gasteiger partial charge is 0.271 e. The van der Waals surface area contributed by atoms with Crippen LogP contribution < -0.4 is 11.3 Å². The predicted octanol–water partition coefficient (Wildman–Crippen LogP) is 3.84. The van der Waals surface area contributed by atoms with Gasteiger partial charge in [-0.15, -0.1) is 0 Å². The molecule has 0 saturated heterocycles. The molecule has 0 spiro atoms. The van der Waals surface area contributed by atoms with Gasteiger partial charge < -0.3 is 0 Å². The lowest BCUT2D eigenvalue weighted by Gasteiger charge is -2.18. The minimum absolute atomic E-state index is 0.0603. The van der Waals surface area contributed by atoms with Crippen molar-refractivity contribution in [3.8, 4) is 0 Å². The minimum atomic E-state index is -0.403. The van der Waals surface area contributed by atoms with Gasteiger partial charge in [0.2, 0.25) is 0 Å². The molecule has 0 fully saturated rings. The van der Waals surface area contributed by atoms with Crippen molar-refractivity contribution in [3.05, 3.63) is 69.5 Å². The summed E-state index contributed by atoms with van der Waals surface area (Å²) in [6.07, 6.45) is 0.604. The van der Waals surface area contributed by atoms with Crippen LogP contribution in [0.4, 0.5) is 4.39 Å². The maximum atomic E-state index is 13.5. The molecule has 2 nitrogen and oxygen atoms in total. The number of nitrogens with two attached hydrogens (primary N) is 1. The van der Waals surface area contributed by atoms with Gasteiger partial charge >= 0.3 is 0 Å². The van der Waals surface area contributed by atoms with Crippen molar-refractivity contribution in [2.75, 3.05) is 0 Å². The van der Waals surface area contributed by atoms with E-state index in [-0.39, 0.29) is 11.1 Å². The first-order chi connectivity index (χ1) is 9.51. The lowest BCUT2D eigenvalue weighted by atomic mass is 9.96. The Bertz CT molecular complexity index is 613. The molecule has 2 aromatic rings. The van der Waals surface area contributed by atoms with Crippen LogP contribution in [0.1, 0.15) is 28.3 Å². The Hall–Kier alpha value is -1.42. The summed E-state index contributed by atoms with van der Waals surface area (Å²) in [6, 6.07) is 11.0. The van der Waals surface area contributed by atoms with Gasteiger partial charge in [0.05, 0.1) is 5.02 Å². The standard InChI is InChI=1S/C16H18ClFN2/c1-10-3-5-13(7-11(10)2)16(20-19)9-12-4-6-14(17)15(18)8-12/h3-8,16,20H,9,19H2,1-2H3. The second-order valence-corrected chi connectivity index (χ2v) is 5.42. The van der Waals surface area contributed by atoms with Crippen molar-refractivity contribution in [2.45, 2.75) is 26.3 Å². The molecule has 0 aliphatic carbocycles.